The van der Waals surface area contributed by atoms with Crippen molar-refractivity contribution in [1.29, 1.82) is 0 Å². The number of aryl methyl sites for hydroxylation is 2. The average molecular weight is 730 g/mol. The number of para-hydroxylation sites is 2. The number of hydrogen-bond donors (Lipinski definition) is 1. The summed E-state index contributed by atoms with van der Waals surface area (Å²) in [5.41, 5.74) is 2.76. The monoisotopic (exact) mass is 729 g/mol. The second-order valence-electron chi connectivity index (χ2n) is 11.2. The lowest BCUT2D eigenvalue weighted by Crippen LogP contribution is -2.70. The molecule has 1 N–H and O–H groups in total. The van der Waals surface area contributed by atoms with Gasteiger partial charge in [0.15, 0.2) is 9.79 Å². The number of fused-ring (bicyclic) bond motifs is 2. The molecule has 0 bridgehead atoms. The van der Waals surface area contributed by atoms with Crippen LogP contribution in [-0.2, 0) is 55.9 Å². The van der Waals surface area contributed by atoms with Crippen LogP contribution in [-0.4, -0.2) is 65.4 Å². The van der Waals surface area contributed by atoms with Gasteiger partial charge in [0.2, 0.25) is 0 Å². The molecule has 252 valence electrons. The lowest BCUT2D eigenvalue weighted by Gasteiger charge is -2.35. The van der Waals surface area contributed by atoms with Crippen LogP contribution < -0.4 is 4.13 Å². The number of nitrogens with zero attached hydrogens (tertiary/aromatic N) is 2. The number of alkyl halides is 6. The fourth-order valence-corrected chi connectivity index (χ4v) is 13.6. The normalized spacial score (nSPS) is 23.0. The van der Waals surface area contributed by atoms with E-state index in [-0.39, 0.29) is 4.13 Å². The summed E-state index contributed by atoms with van der Waals surface area (Å²) in [7, 11) is -7.51. The quantitative estimate of drug-likeness (QED) is 0.204. The molecule has 0 unspecified atom stereocenters. The standard InChI is InChI=1S/2C13H16NS.C3HF6NO4S2/c2*1-14-10-13(15-8-4-5-9-15)11-6-2-3-7-12(11)14;4-1(5)2(6,7)15(11,12)10-16(13,14)3(1,8)9/h2*2-3,6-7,10H,4-5,8-9H2,1H3;10H/q2*+1;. The summed E-state index contributed by atoms with van der Waals surface area (Å²) in [5, 5.41) is -9.53. The summed E-state index contributed by atoms with van der Waals surface area (Å²) >= 11 is 0. The molecule has 4 aromatic rings. The first kappa shape index (κ1) is 35.0. The molecule has 0 saturated carbocycles. The molecular formula is C29H33F6N3O4S4+2. The number of benzene rings is 2. The van der Waals surface area contributed by atoms with Gasteiger partial charge >= 0.3 is 16.4 Å². The Bertz CT molecular complexity index is 1810. The van der Waals surface area contributed by atoms with Gasteiger partial charge in [-0.2, -0.15) is 26.3 Å². The third-order valence-corrected chi connectivity index (χ3v) is 16.7. The van der Waals surface area contributed by atoms with Crippen molar-refractivity contribution < 1.29 is 43.2 Å². The highest BCUT2D eigenvalue weighted by Crippen LogP contribution is 2.53. The number of sulfonamides is 2. The van der Waals surface area contributed by atoms with Crippen molar-refractivity contribution in [3.63, 3.8) is 0 Å². The van der Waals surface area contributed by atoms with Crippen LogP contribution >= 0.6 is 0 Å². The van der Waals surface area contributed by atoms with E-state index in [1.165, 1.54) is 70.5 Å². The van der Waals surface area contributed by atoms with Gasteiger partial charge < -0.3 is 9.13 Å². The van der Waals surface area contributed by atoms with Gasteiger partial charge in [-0.1, -0.05) is 28.4 Å². The van der Waals surface area contributed by atoms with E-state index in [0.717, 1.165) is 0 Å². The Kier molecular flexibility index (Phi) is 9.58. The van der Waals surface area contributed by atoms with E-state index in [0.29, 0.717) is 21.8 Å². The second kappa shape index (κ2) is 12.6. The smallest absolute Gasteiger partial charge is 0.346 e. The number of halogens is 6. The molecule has 3 fully saturated rings. The highest BCUT2D eigenvalue weighted by molar-refractivity contribution is 8.06. The van der Waals surface area contributed by atoms with Crippen molar-refractivity contribution in [2.45, 2.75) is 51.9 Å². The molecule has 3 saturated heterocycles. The molecule has 0 amide bonds. The van der Waals surface area contributed by atoms with Crippen LogP contribution in [0.1, 0.15) is 25.7 Å². The Morgan fingerprint density at radius 2 is 0.935 bits per heavy atom. The molecular weight excluding hydrogens is 697 g/mol. The summed E-state index contributed by atoms with van der Waals surface area (Å²) in [6.07, 6.45) is 10.4. The minimum Gasteiger partial charge on any atom is -0.346 e. The van der Waals surface area contributed by atoms with Crippen molar-refractivity contribution >= 4 is 63.6 Å². The van der Waals surface area contributed by atoms with Crippen LogP contribution in [0.25, 0.3) is 21.8 Å². The minimum atomic E-state index is -6.57. The first-order valence-corrected chi connectivity index (χ1v) is 20.4. The molecule has 7 rings (SSSR count). The lowest BCUT2D eigenvalue weighted by atomic mass is 10.2. The third-order valence-electron chi connectivity index (χ3n) is 8.03. The molecule has 0 radical (unpaired) electrons. The SMILES string of the molecule is Cn1cc([S+]2CCCC2)c2ccccc21.Cn1cc([S+]2CCCC2)c2ccccc21.O=S1(=O)NS(=O)(=O)C(F)(F)C(F)(F)C1(F)F. The zero-order valence-electron chi connectivity index (χ0n) is 24.9. The van der Waals surface area contributed by atoms with Crippen LogP contribution in [0.3, 0.4) is 0 Å². The van der Waals surface area contributed by atoms with Crippen LogP contribution in [0.15, 0.2) is 70.7 Å². The second-order valence-corrected chi connectivity index (χ2v) is 19.3. The van der Waals surface area contributed by atoms with Gasteiger partial charge in [0, 0.05) is 35.9 Å². The maximum Gasteiger partial charge on any atom is 0.429 e. The van der Waals surface area contributed by atoms with E-state index in [1.807, 2.05) is 0 Å². The molecule has 3 aliphatic heterocycles. The number of hydrogen-bond acceptors (Lipinski definition) is 4. The zero-order chi connectivity index (χ0) is 33.7. The van der Waals surface area contributed by atoms with Crippen LogP contribution in [0, 0.1) is 0 Å². The third kappa shape index (κ3) is 5.94. The van der Waals surface area contributed by atoms with E-state index in [2.05, 4.69) is 84.2 Å². The Balaban J connectivity index is 0.000000136. The Morgan fingerprint density at radius 1 is 0.609 bits per heavy atom. The van der Waals surface area contributed by atoms with Crippen molar-refractivity contribution in [3.8, 4) is 0 Å². The van der Waals surface area contributed by atoms with E-state index >= 15 is 0 Å². The van der Waals surface area contributed by atoms with Gasteiger partial charge in [0.1, 0.15) is 23.0 Å². The molecule has 2 aromatic heterocycles. The summed E-state index contributed by atoms with van der Waals surface area (Å²) in [6.45, 7) is 0. The highest BCUT2D eigenvalue weighted by atomic mass is 32.3. The van der Waals surface area contributed by atoms with Crippen molar-refractivity contribution in [3.05, 3.63) is 60.9 Å². The first-order valence-electron chi connectivity index (χ1n) is 14.3. The van der Waals surface area contributed by atoms with Crippen molar-refractivity contribution in [2.75, 3.05) is 23.0 Å². The molecule has 0 aliphatic carbocycles. The van der Waals surface area contributed by atoms with Gasteiger partial charge in [-0.3, -0.25) is 0 Å². The molecule has 0 atom stereocenters. The highest BCUT2D eigenvalue weighted by Gasteiger charge is 2.86. The lowest BCUT2D eigenvalue weighted by molar-refractivity contribution is -0.246. The summed E-state index contributed by atoms with van der Waals surface area (Å²) in [5.74, 6) is -0.924. The predicted molar refractivity (Wildman–Crippen MR) is 171 cm³/mol. The number of nitrogens with one attached hydrogen (secondary N) is 1. The van der Waals surface area contributed by atoms with Gasteiger partial charge in [-0.15, -0.1) is 0 Å². The molecule has 17 heteroatoms. The largest absolute Gasteiger partial charge is 0.429 e. The van der Waals surface area contributed by atoms with E-state index in [9.17, 15) is 43.2 Å². The zero-order valence-corrected chi connectivity index (χ0v) is 28.1. The van der Waals surface area contributed by atoms with Gasteiger partial charge in [0.05, 0.1) is 34.2 Å². The summed E-state index contributed by atoms with van der Waals surface area (Å²) in [4.78, 5) is 3.20. The Hall–Kier alpha value is -2.34. The summed E-state index contributed by atoms with van der Waals surface area (Å²) in [6, 6.07) is 17.6. The number of rotatable bonds is 2. The fourth-order valence-electron chi connectivity index (χ4n) is 5.57. The predicted octanol–water partition coefficient (Wildman–Crippen LogP) is 5.97. The summed E-state index contributed by atoms with van der Waals surface area (Å²) < 4.78 is 121. The average Bonchev–Trinajstić information content (AvgIpc) is 3.81. The fraction of sp³-hybridized carbons (Fsp3) is 0.448. The molecule has 3 aliphatic rings. The Labute approximate surface area is 269 Å². The Morgan fingerprint density at radius 3 is 1.28 bits per heavy atom. The number of aromatic nitrogens is 2. The molecule has 0 spiro atoms. The van der Waals surface area contributed by atoms with Gasteiger partial charge in [0.25, 0.3) is 20.0 Å². The van der Waals surface area contributed by atoms with Crippen molar-refractivity contribution in [2.24, 2.45) is 14.1 Å². The van der Waals surface area contributed by atoms with Gasteiger partial charge in [-0.05, 0) is 49.9 Å². The molecule has 5 heterocycles. The van der Waals surface area contributed by atoms with E-state index in [1.54, 1.807) is 9.79 Å². The van der Waals surface area contributed by atoms with E-state index in [4.69, 9.17) is 0 Å². The molecule has 2 aromatic carbocycles. The molecule has 7 nitrogen and oxygen atoms in total. The van der Waals surface area contributed by atoms with Crippen LogP contribution in [0.2, 0.25) is 0 Å². The maximum absolute atomic E-state index is 12.5. The topological polar surface area (TPSA) is 90.2 Å². The minimum absolute atomic E-state index is 0.167. The van der Waals surface area contributed by atoms with Crippen LogP contribution in [0.5, 0.6) is 0 Å². The first-order chi connectivity index (χ1) is 21.4. The molecule has 46 heavy (non-hydrogen) atoms. The van der Waals surface area contributed by atoms with Crippen molar-refractivity contribution in [1.82, 2.24) is 13.3 Å². The van der Waals surface area contributed by atoms with Crippen LogP contribution in [0.4, 0.5) is 26.3 Å². The van der Waals surface area contributed by atoms with Gasteiger partial charge in [-0.25, -0.2) is 16.8 Å². The van der Waals surface area contributed by atoms with E-state index < -0.39 is 36.5 Å². The maximum atomic E-state index is 12.5.